The van der Waals surface area contributed by atoms with Gasteiger partial charge in [0.25, 0.3) is 5.91 Å². The summed E-state index contributed by atoms with van der Waals surface area (Å²) >= 11 is 0. The van der Waals surface area contributed by atoms with Crippen LogP contribution in [0, 0.1) is 11.8 Å². The average Bonchev–Trinajstić information content (AvgIpc) is 2.86. The Morgan fingerprint density at radius 2 is 1.60 bits per heavy atom. The summed E-state index contributed by atoms with van der Waals surface area (Å²) in [6.07, 6.45) is 3.75. The molecule has 2 heterocycles. The first kappa shape index (κ1) is 25.5. The molecule has 8 heteroatoms. The third-order valence-electron chi connectivity index (χ3n) is 7.14. The molecule has 190 valence electrons. The minimum absolute atomic E-state index is 0.229. The fraction of sp³-hybridized carbons (Fsp3) is 0.519. The molecular formula is C27H37N3O4S. The molecule has 2 saturated heterocycles. The van der Waals surface area contributed by atoms with Gasteiger partial charge < -0.3 is 15.0 Å². The van der Waals surface area contributed by atoms with E-state index in [4.69, 9.17) is 4.74 Å². The Bertz CT molecular complexity index is 1130. The lowest BCUT2D eigenvalue weighted by molar-refractivity contribution is 0.102. The SMILES string of the molecule is CCOc1ccccc1NC(=O)c1ccc(N2CCC(C)CC2)c(S(=O)(=O)N2CCC(C)CC2)c1. The van der Waals surface area contributed by atoms with Crippen molar-refractivity contribution in [2.45, 2.75) is 51.3 Å². The van der Waals surface area contributed by atoms with Crippen LogP contribution in [0.4, 0.5) is 11.4 Å². The molecule has 1 amide bonds. The second-order valence-electron chi connectivity index (χ2n) is 9.82. The normalized spacial score (nSPS) is 18.4. The summed E-state index contributed by atoms with van der Waals surface area (Å²) in [5, 5.41) is 2.89. The Labute approximate surface area is 209 Å². The number of anilines is 2. The van der Waals surface area contributed by atoms with E-state index in [-0.39, 0.29) is 10.8 Å². The van der Waals surface area contributed by atoms with Gasteiger partial charge in [-0.1, -0.05) is 26.0 Å². The maximum Gasteiger partial charge on any atom is 0.255 e. The number of amides is 1. The van der Waals surface area contributed by atoms with E-state index in [1.807, 2.05) is 19.1 Å². The lowest BCUT2D eigenvalue weighted by Crippen LogP contribution is -2.39. The molecule has 0 atom stereocenters. The highest BCUT2D eigenvalue weighted by Crippen LogP contribution is 2.34. The van der Waals surface area contributed by atoms with Gasteiger partial charge in [-0.3, -0.25) is 4.79 Å². The third kappa shape index (κ3) is 5.81. The van der Waals surface area contributed by atoms with Crippen molar-refractivity contribution in [3.63, 3.8) is 0 Å². The van der Waals surface area contributed by atoms with Gasteiger partial charge in [-0.25, -0.2) is 8.42 Å². The summed E-state index contributed by atoms with van der Waals surface area (Å²) in [6.45, 7) is 9.41. The zero-order valence-electron chi connectivity index (χ0n) is 21.0. The smallest absolute Gasteiger partial charge is 0.255 e. The van der Waals surface area contributed by atoms with Crippen molar-refractivity contribution >= 4 is 27.3 Å². The van der Waals surface area contributed by atoms with E-state index in [0.29, 0.717) is 54.2 Å². The zero-order chi connectivity index (χ0) is 25.0. The molecule has 2 aromatic carbocycles. The number of nitrogens with zero attached hydrogens (tertiary/aromatic N) is 2. The standard InChI is InChI=1S/C27H37N3O4S/c1-4-34-25-8-6-5-7-23(25)28-27(31)22-9-10-24(29-15-11-20(2)12-16-29)26(19-22)35(32,33)30-17-13-21(3)14-18-30/h5-10,19-21H,4,11-18H2,1-3H3,(H,28,31). The molecule has 7 nitrogen and oxygen atoms in total. The largest absolute Gasteiger partial charge is 0.492 e. The first-order chi connectivity index (χ1) is 16.8. The summed E-state index contributed by atoms with van der Waals surface area (Å²) in [5.74, 6) is 1.37. The summed E-state index contributed by atoms with van der Waals surface area (Å²) in [4.78, 5) is 15.6. The molecule has 1 N–H and O–H groups in total. The van der Waals surface area contributed by atoms with Crippen molar-refractivity contribution < 1.29 is 17.9 Å². The molecule has 2 fully saturated rings. The lowest BCUT2D eigenvalue weighted by Gasteiger charge is -2.35. The summed E-state index contributed by atoms with van der Waals surface area (Å²) in [7, 11) is -3.74. The van der Waals surface area contributed by atoms with Crippen LogP contribution in [0.1, 0.15) is 56.8 Å². The molecular weight excluding hydrogens is 462 g/mol. The highest BCUT2D eigenvalue weighted by Gasteiger charge is 2.32. The molecule has 4 rings (SSSR count). The molecule has 0 saturated carbocycles. The predicted octanol–water partition coefficient (Wildman–Crippen LogP) is 4.99. The van der Waals surface area contributed by atoms with Crippen molar-refractivity contribution in [3.05, 3.63) is 48.0 Å². The van der Waals surface area contributed by atoms with Crippen LogP contribution in [0.3, 0.4) is 0 Å². The topological polar surface area (TPSA) is 79.0 Å². The van der Waals surface area contributed by atoms with Crippen LogP contribution in [-0.2, 0) is 10.0 Å². The lowest BCUT2D eigenvalue weighted by atomic mass is 9.98. The van der Waals surface area contributed by atoms with Crippen molar-refractivity contribution in [2.24, 2.45) is 11.8 Å². The van der Waals surface area contributed by atoms with Crippen molar-refractivity contribution in [1.29, 1.82) is 0 Å². The molecule has 0 spiro atoms. The van der Waals surface area contributed by atoms with Crippen molar-refractivity contribution in [3.8, 4) is 5.75 Å². The van der Waals surface area contributed by atoms with Crippen LogP contribution >= 0.6 is 0 Å². The predicted molar refractivity (Wildman–Crippen MR) is 140 cm³/mol. The number of benzene rings is 2. The van der Waals surface area contributed by atoms with Crippen LogP contribution < -0.4 is 15.0 Å². The summed E-state index contributed by atoms with van der Waals surface area (Å²) < 4.78 is 34.9. The molecule has 0 bridgehead atoms. The number of para-hydroxylation sites is 2. The van der Waals surface area contributed by atoms with Crippen LogP contribution in [0.5, 0.6) is 5.75 Å². The second kappa shape index (κ2) is 11.0. The zero-order valence-corrected chi connectivity index (χ0v) is 21.8. The van der Waals surface area contributed by atoms with E-state index in [1.54, 1.807) is 34.6 Å². The minimum Gasteiger partial charge on any atom is -0.492 e. The summed E-state index contributed by atoms with van der Waals surface area (Å²) in [5.41, 5.74) is 1.57. The van der Waals surface area contributed by atoms with Gasteiger partial charge in [0.1, 0.15) is 10.6 Å². The Balaban J connectivity index is 1.68. The number of carbonyl (C=O) groups is 1. The molecule has 2 aliphatic rings. The number of sulfonamides is 1. The summed E-state index contributed by atoms with van der Waals surface area (Å²) in [6, 6.07) is 12.3. The van der Waals surface area contributed by atoms with Gasteiger partial charge in [0.15, 0.2) is 0 Å². The average molecular weight is 500 g/mol. The number of ether oxygens (including phenoxy) is 1. The van der Waals surface area contributed by atoms with Gasteiger partial charge >= 0.3 is 0 Å². The monoisotopic (exact) mass is 499 g/mol. The second-order valence-corrected chi connectivity index (χ2v) is 11.7. The molecule has 0 aliphatic carbocycles. The Kier molecular flexibility index (Phi) is 8.02. The molecule has 2 aromatic rings. The molecule has 0 aromatic heterocycles. The minimum atomic E-state index is -3.74. The maximum atomic E-state index is 13.8. The highest BCUT2D eigenvalue weighted by atomic mass is 32.2. The van der Waals surface area contributed by atoms with E-state index >= 15 is 0 Å². The van der Waals surface area contributed by atoms with Crippen molar-refractivity contribution in [1.82, 2.24) is 4.31 Å². The van der Waals surface area contributed by atoms with Crippen molar-refractivity contribution in [2.75, 3.05) is 43.0 Å². The highest BCUT2D eigenvalue weighted by molar-refractivity contribution is 7.89. The Hall–Kier alpha value is -2.58. The maximum absolute atomic E-state index is 13.8. The number of nitrogens with one attached hydrogen (secondary N) is 1. The van der Waals surface area contributed by atoms with E-state index in [2.05, 4.69) is 24.1 Å². The Morgan fingerprint density at radius 3 is 2.26 bits per heavy atom. The van der Waals surface area contributed by atoms with Crippen LogP contribution in [0.15, 0.2) is 47.4 Å². The van der Waals surface area contributed by atoms with Crippen LogP contribution in [0.25, 0.3) is 0 Å². The van der Waals surface area contributed by atoms with E-state index in [0.717, 1.165) is 38.8 Å². The fourth-order valence-corrected chi connectivity index (χ4v) is 6.49. The van der Waals surface area contributed by atoms with E-state index < -0.39 is 10.0 Å². The molecule has 0 unspecified atom stereocenters. The van der Waals surface area contributed by atoms with Crippen LogP contribution in [-0.4, -0.2) is 51.4 Å². The third-order valence-corrected chi connectivity index (χ3v) is 9.07. The van der Waals surface area contributed by atoms with Gasteiger partial charge in [-0.15, -0.1) is 0 Å². The molecule has 35 heavy (non-hydrogen) atoms. The fourth-order valence-electron chi connectivity index (χ4n) is 4.78. The van der Waals surface area contributed by atoms with Gasteiger partial charge in [0, 0.05) is 31.7 Å². The first-order valence-corrected chi connectivity index (χ1v) is 14.2. The van der Waals surface area contributed by atoms with Gasteiger partial charge in [0.2, 0.25) is 10.0 Å². The van der Waals surface area contributed by atoms with E-state index in [1.165, 1.54) is 0 Å². The van der Waals surface area contributed by atoms with Gasteiger partial charge in [0.05, 0.1) is 18.0 Å². The van der Waals surface area contributed by atoms with Crippen LogP contribution in [0.2, 0.25) is 0 Å². The number of piperidine rings is 2. The van der Waals surface area contributed by atoms with Gasteiger partial charge in [-0.2, -0.15) is 4.31 Å². The quantitative estimate of drug-likeness (QED) is 0.580. The molecule has 0 radical (unpaired) electrons. The Morgan fingerprint density at radius 1 is 0.971 bits per heavy atom. The number of carbonyl (C=O) groups excluding carboxylic acids is 1. The number of rotatable bonds is 7. The van der Waals surface area contributed by atoms with E-state index in [9.17, 15) is 13.2 Å². The number of hydrogen-bond acceptors (Lipinski definition) is 5. The molecule has 2 aliphatic heterocycles. The van der Waals surface area contributed by atoms with Gasteiger partial charge in [-0.05, 0) is 74.8 Å². The number of hydrogen-bond donors (Lipinski definition) is 1. The first-order valence-electron chi connectivity index (χ1n) is 12.7.